The third-order valence-electron chi connectivity index (χ3n) is 6.43. The number of para-hydroxylation sites is 3. The lowest BCUT2D eigenvalue weighted by Crippen LogP contribution is -2.42. The molecule has 5 rings (SSSR count). The second kappa shape index (κ2) is 7.65. The number of aromatic amines is 1. The Morgan fingerprint density at radius 3 is 2.67 bits per heavy atom. The van der Waals surface area contributed by atoms with E-state index >= 15 is 0 Å². The molecule has 0 bridgehead atoms. The highest BCUT2D eigenvalue weighted by molar-refractivity contribution is 6.05. The third-order valence-corrected chi connectivity index (χ3v) is 6.43. The summed E-state index contributed by atoms with van der Waals surface area (Å²) in [5.74, 6) is 1.89. The Balaban J connectivity index is 1.31. The van der Waals surface area contributed by atoms with Crippen LogP contribution in [0.2, 0.25) is 0 Å². The Labute approximate surface area is 174 Å². The third kappa shape index (κ3) is 3.29. The Kier molecular flexibility index (Phi) is 4.83. The van der Waals surface area contributed by atoms with E-state index in [1.807, 2.05) is 47.4 Å². The first-order valence-electron chi connectivity index (χ1n) is 10.3. The van der Waals surface area contributed by atoms with E-state index in [1.165, 1.54) is 0 Å². The lowest BCUT2D eigenvalue weighted by atomic mass is 9.78. The van der Waals surface area contributed by atoms with Gasteiger partial charge in [0.05, 0.1) is 30.5 Å². The monoisotopic (exact) mass is 407 g/mol. The number of aromatic nitrogens is 2. The summed E-state index contributed by atoms with van der Waals surface area (Å²) in [6, 6.07) is 13.1. The molecule has 1 aliphatic carbocycles. The van der Waals surface area contributed by atoms with Gasteiger partial charge in [0.1, 0.15) is 6.10 Å². The van der Waals surface area contributed by atoms with Crippen molar-refractivity contribution < 1.29 is 19.4 Å². The average Bonchev–Trinajstić information content (AvgIpc) is 3.40. The summed E-state index contributed by atoms with van der Waals surface area (Å²) < 4.78 is 11.5. The van der Waals surface area contributed by atoms with Crippen LogP contribution in [0, 0.1) is 11.8 Å². The summed E-state index contributed by atoms with van der Waals surface area (Å²) in [7, 11) is 1.61. The molecular formula is C23H25N3O4. The van der Waals surface area contributed by atoms with Crippen molar-refractivity contribution in [2.24, 2.45) is 11.8 Å². The van der Waals surface area contributed by atoms with Crippen LogP contribution in [0.3, 0.4) is 0 Å². The molecule has 1 saturated heterocycles. The summed E-state index contributed by atoms with van der Waals surface area (Å²) in [5, 5.41) is 18.6. The average molecular weight is 407 g/mol. The molecule has 7 heteroatoms. The minimum Gasteiger partial charge on any atom is -0.493 e. The normalized spacial score (nSPS) is 25.9. The van der Waals surface area contributed by atoms with Crippen LogP contribution in [0.5, 0.6) is 11.5 Å². The van der Waals surface area contributed by atoms with Gasteiger partial charge >= 0.3 is 0 Å². The molecule has 2 fully saturated rings. The van der Waals surface area contributed by atoms with E-state index in [2.05, 4.69) is 10.2 Å². The van der Waals surface area contributed by atoms with Crippen molar-refractivity contribution in [2.75, 3.05) is 20.2 Å². The quantitative estimate of drug-likeness (QED) is 0.694. The Bertz CT molecular complexity index is 1070. The highest BCUT2D eigenvalue weighted by Crippen LogP contribution is 2.40. The zero-order valence-corrected chi connectivity index (χ0v) is 16.8. The summed E-state index contributed by atoms with van der Waals surface area (Å²) in [4.78, 5) is 15.1. The van der Waals surface area contributed by atoms with Gasteiger partial charge in [-0.3, -0.25) is 9.89 Å². The van der Waals surface area contributed by atoms with E-state index in [-0.39, 0.29) is 17.9 Å². The standard InChI is InChI=1S/C23H25N3O4/c1-29-19-7-2-3-8-20(19)30-21-10-16-13-26(12-15(16)9-18(21)27)23(28)17-6-4-5-14-11-24-25-22(14)17/h2-8,11,15-16,18,21,27H,9-10,12-13H2,1H3,(H,24,25)/t15-,16+,18+,21+/m0/s1. The lowest BCUT2D eigenvalue weighted by molar-refractivity contribution is -0.0240. The number of fused-ring (bicyclic) bond motifs is 2. The van der Waals surface area contributed by atoms with Gasteiger partial charge in [-0.1, -0.05) is 24.3 Å². The van der Waals surface area contributed by atoms with Gasteiger partial charge < -0.3 is 19.5 Å². The van der Waals surface area contributed by atoms with Gasteiger partial charge in [0, 0.05) is 18.5 Å². The second-order valence-electron chi connectivity index (χ2n) is 8.22. The number of ether oxygens (including phenoxy) is 2. The molecule has 0 spiro atoms. The first-order valence-corrected chi connectivity index (χ1v) is 10.3. The highest BCUT2D eigenvalue weighted by atomic mass is 16.5. The minimum absolute atomic E-state index is 0.0101. The van der Waals surface area contributed by atoms with E-state index in [9.17, 15) is 9.90 Å². The van der Waals surface area contributed by atoms with Gasteiger partial charge in [0.2, 0.25) is 0 Å². The molecule has 2 aromatic carbocycles. The van der Waals surface area contributed by atoms with Gasteiger partial charge in [-0.05, 0) is 42.9 Å². The summed E-state index contributed by atoms with van der Waals surface area (Å²) in [6.07, 6.45) is 2.19. The van der Waals surface area contributed by atoms with E-state index in [1.54, 1.807) is 13.3 Å². The number of nitrogens with one attached hydrogen (secondary N) is 1. The minimum atomic E-state index is -0.567. The summed E-state index contributed by atoms with van der Waals surface area (Å²) in [5.41, 5.74) is 1.42. The van der Waals surface area contributed by atoms with Crippen LogP contribution in [0.25, 0.3) is 10.9 Å². The van der Waals surface area contributed by atoms with Crippen LogP contribution in [0.1, 0.15) is 23.2 Å². The molecule has 7 nitrogen and oxygen atoms in total. The number of aliphatic hydroxyl groups is 1. The fraction of sp³-hybridized carbons (Fsp3) is 0.391. The lowest BCUT2D eigenvalue weighted by Gasteiger charge is -2.35. The van der Waals surface area contributed by atoms with Crippen molar-refractivity contribution in [3.63, 3.8) is 0 Å². The van der Waals surface area contributed by atoms with Crippen molar-refractivity contribution in [1.82, 2.24) is 15.1 Å². The maximum Gasteiger partial charge on any atom is 0.256 e. The molecule has 1 saturated carbocycles. The van der Waals surface area contributed by atoms with Gasteiger partial charge in [0.15, 0.2) is 11.5 Å². The summed E-state index contributed by atoms with van der Waals surface area (Å²) in [6.45, 7) is 1.33. The first-order chi connectivity index (χ1) is 14.6. The van der Waals surface area contributed by atoms with Crippen LogP contribution < -0.4 is 9.47 Å². The second-order valence-corrected chi connectivity index (χ2v) is 8.22. The maximum atomic E-state index is 13.2. The molecule has 0 unspecified atom stereocenters. The topological polar surface area (TPSA) is 87.7 Å². The number of hydrogen-bond donors (Lipinski definition) is 2. The molecule has 0 radical (unpaired) electrons. The van der Waals surface area contributed by atoms with Crippen molar-refractivity contribution in [3.05, 3.63) is 54.2 Å². The predicted octanol–water partition coefficient (Wildman–Crippen LogP) is 2.86. The highest BCUT2D eigenvalue weighted by Gasteiger charge is 2.44. The van der Waals surface area contributed by atoms with E-state index in [0.29, 0.717) is 48.9 Å². The van der Waals surface area contributed by atoms with Crippen molar-refractivity contribution in [1.29, 1.82) is 0 Å². The molecule has 3 aromatic rings. The number of methoxy groups -OCH3 is 1. The van der Waals surface area contributed by atoms with Crippen LogP contribution >= 0.6 is 0 Å². The zero-order chi connectivity index (χ0) is 20.7. The number of aliphatic hydroxyl groups excluding tert-OH is 1. The molecule has 30 heavy (non-hydrogen) atoms. The molecular weight excluding hydrogens is 382 g/mol. The largest absolute Gasteiger partial charge is 0.493 e. The fourth-order valence-corrected chi connectivity index (χ4v) is 4.88. The smallest absolute Gasteiger partial charge is 0.256 e. The number of rotatable bonds is 4. The van der Waals surface area contributed by atoms with Crippen molar-refractivity contribution >= 4 is 16.8 Å². The Hall–Kier alpha value is -3.06. The number of likely N-dealkylation sites (tertiary alicyclic amines) is 1. The van der Waals surface area contributed by atoms with Crippen LogP contribution in [-0.2, 0) is 0 Å². The molecule has 156 valence electrons. The van der Waals surface area contributed by atoms with Gasteiger partial charge in [-0.25, -0.2) is 0 Å². The Morgan fingerprint density at radius 2 is 1.87 bits per heavy atom. The number of hydrogen-bond acceptors (Lipinski definition) is 5. The van der Waals surface area contributed by atoms with Crippen molar-refractivity contribution in [2.45, 2.75) is 25.0 Å². The zero-order valence-electron chi connectivity index (χ0n) is 16.8. The molecule has 2 N–H and O–H groups in total. The number of carbonyl (C=O) groups excluding carboxylic acids is 1. The van der Waals surface area contributed by atoms with E-state index in [0.717, 1.165) is 10.9 Å². The molecule has 2 aliphatic rings. The van der Waals surface area contributed by atoms with Gasteiger partial charge in [-0.2, -0.15) is 5.10 Å². The maximum absolute atomic E-state index is 13.2. The van der Waals surface area contributed by atoms with E-state index < -0.39 is 6.10 Å². The Morgan fingerprint density at radius 1 is 1.10 bits per heavy atom. The van der Waals surface area contributed by atoms with Gasteiger partial charge in [0.25, 0.3) is 5.91 Å². The molecule has 4 atom stereocenters. The summed E-state index contributed by atoms with van der Waals surface area (Å²) >= 11 is 0. The number of H-pyrrole nitrogens is 1. The van der Waals surface area contributed by atoms with Crippen LogP contribution in [-0.4, -0.2) is 58.5 Å². The first kappa shape index (κ1) is 18.9. The number of carbonyl (C=O) groups is 1. The van der Waals surface area contributed by atoms with Crippen molar-refractivity contribution in [3.8, 4) is 11.5 Å². The van der Waals surface area contributed by atoms with E-state index in [4.69, 9.17) is 9.47 Å². The fourth-order valence-electron chi connectivity index (χ4n) is 4.88. The molecule has 1 aliphatic heterocycles. The van der Waals surface area contributed by atoms with Crippen LogP contribution in [0.4, 0.5) is 0 Å². The number of nitrogens with zero attached hydrogens (tertiary/aromatic N) is 2. The molecule has 1 aromatic heterocycles. The van der Waals surface area contributed by atoms with Gasteiger partial charge in [-0.15, -0.1) is 0 Å². The SMILES string of the molecule is COc1ccccc1O[C@@H]1C[C@@H]2CN(C(=O)c3cccc4cn[nH]c34)C[C@@H]2C[C@H]1O. The number of amides is 1. The molecule has 1 amide bonds. The van der Waals surface area contributed by atoms with Crippen LogP contribution in [0.15, 0.2) is 48.7 Å². The molecule has 2 heterocycles. The number of benzene rings is 2. The predicted molar refractivity (Wildman–Crippen MR) is 112 cm³/mol.